The highest BCUT2D eigenvalue weighted by molar-refractivity contribution is 5.97. The molecule has 1 aliphatic carbocycles. The molecule has 2 aliphatic rings. The van der Waals surface area contributed by atoms with E-state index in [1.807, 2.05) is 6.07 Å². The molecule has 0 radical (unpaired) electrons. The summed E-state index contributed by atoms with van der Waals surface area (Å²) < 4.78 is 4.57. The average molecular weight is 216 g/mol. The van der Waals surface area contributed by atoms with Crippen molar-refractivity contribution in [2.24, 2.45) is 0 Å². The van der Waals surface area contributed by atoms with E-state index in [9.17, 15) is 9.59 Å². The number of carbonyl (C=O) groups is 2. The van der Waals surface area contributed by atoms with Crippen LogP contribution in [-0.2, 0) is 27.2 Å². The van der Waals surface area contributed by atoms with Crippen molar-refractivity contribution in [2.75, 3.05) is 0 Å². The zero-order valence-electron chi connectivity index (χ0n) is 8.86. The first-order chi connectivity index (χ1) is 7.74. The van der Waals surface area contributed by atoms with Gasteiger partial charge in [0.15, 0.2) is 0 Å². The van der Waals surface area contributed by atoms with E-state index < -0.39 is 11.9 Å². The highest BCUT2D eigenvalue weighted by atomic mass is 16.6. The maximum Gasteiger partial charge on any atom is 0.321 e. The number of carbonyl (C=O) groups excluding carboxylic acids is 2. The van der Waals surface area contributed by atoms with Crippen molar-refractivity contribution < 1.29 is 14.3 Å². The zero-order valence-corrected chi connectivity index (χ0v) is 8.86. The summed E-state index contributed by atoms with van der Waals surface area (Å²) in [6.45, 7) is 0. The second kappa shape index (κ2) is 3.44. The SMILES string of the molecule is O=C1CC(c2ccc3c(c2)CCC3)C(=O)O1. The minimum Gasteiger partial charge on any atom is -0.393 e. The van der Waals surface area contributed by atoms with E-state index in [0.717, 1.165) is 18.4 Å². The molecule has 0 N–H and O–H groups in total. The predicted molar refractivity (Wildman–Crippen MR) is 56.9 cm³/mol. The van der Waals surface area contributed by atoms with E-state index in [1.54, 1.807) is 0 Å². The Balaban J connectivity index is 1.95. The van der Waals surface area contributed by atoms with Gasteiger partial charge in [0.05, 0.1) is 12.3 Å². The summed E-state index contributed by atoms with van der Waals surface area (Å²) in [6.07, 6.45) is 3.59. The molecule has 82 valence electrons. The van der Waals surface area contributed by atoms with Gasteiger partial charge in [-0.15, -0.1) is 0 Å². The standard InChI is InChI=1S/C13H12O3/c14-12-7-11(13(15)16-12)10-5-4-8-2-1-3-9(8)6-10/h4-6,11H,1-3,7H2. The highest BCUT2D eigenvalue weighted by Crippen LogP contribution is 2.31. The Morgan fingerprint density at radius 1 is 1.12 bits per heavy atom. The first-order valence-electron chi connectivity index (χ1n) is 5.60. The van der Waals surface area contributed by atoms with Gasteiger partial charge in [0.25, 0.3) is 0 Å². The molecule has 1 fully saturated rings. The number of benzene rings is 1. The Kier molecular flexibility index (Phi) is 2.06. The van der Waals surface area contributed by atoms with Gasteiger partial charge in [-0.1, -0.05) is 18.2 Å². The molecular weight excluding hydrogens is 204 g/mol. The second-order valence-electron chi connectivity index (χ2n) is 4.43. The van der Waals surface area contributed by atoms with E-state index in [1.165, 1.54) is 17.5 Å². The fourth-order valence-corrected chi connectivity index (χ4v) is 2.54. The minimum atomic E-state index is -0.407. The van der Waals surface area contributed by atoms with E-state index in [0.29, 0.717) is 0 Å². The quantitative estimate of drug-likeness (QED) is 0.530. The predicted octanol–water partition coefficient (Wildman–Crippen LogP) is 1.73. The first-order valence-corrected chi connectivity index (χ1v) is 5.60. The van der Waals surface area contributed by atoms with Crippen molar-refractivity contribution in [3.8, 4) is 0 Å². The molecule has 16 heavy (non-hydrogen) atoms. The lowest BCUT2D eigenvalue weighted by atomic mass is 9.94. The number of hydrogen-bond acceptors (Lipinski definition) is 3. The number of esters is 2. The van der Waals surface area contributed by atoms with Crippen molar-refractivity contribution >= 4 is 11.9 Å². The van der Waals surface area contributed by atoms with Gasteiger partial charge in [0.1, 0.15) is 0 Å². The molecule has 1 aromatic rings. The van der Waals surface area contributed by atoms with Gasteiger partial charge < -0.3 is 4.74 Å². The van der Waals surface area contributed by atoms with E-state index >= 15 is 0 Å². The Morgan fingerprint density at radius 3 is 2.69 bits per heavy atom. The molecule has 1 heterocycles. The van der Waals surface area contributed by atoms with Crippen LogP contribution in [0.4, 0.5) is 0 Å². The fourth-order valence-electron chi connectivity index (χ4n) is 2.54. The normalized spacial score (nSPS) is 23.4. The van der Waals surface area contributed by atoms with Gasteiger partial charge in [-0.25, -0.2) is 0 Å². The number of rotatable bonds is 1. The largest absolute Gasteiger partial charge is 0.393 e. The van der Waals surface area contributed by atoms with Gasteiger partial charge in [-0.2, -0.15) is 0 Å². The maximum atomic E-state index is 11.4. The van der Waals surface area contributed by atoms with Gasteiger partial charge >= 0.3 is 11.9 Å². The third-order valence-electron chi connectivity index (χ3n) is 3.39. The van der Waals surface area contributed by atoms with Crippen LogP contribution in [0.5, 0.6) is 0 Å². The van der Waals surface area contributed by atoms with Crippen molar-refractivity contribution in [1.82, 2.24) is 0 Å². The summed E-state index contributed by atoms with van der Waals surface area (Å²) in [4.78, 5) is 22.5. The third kappa shape index (κ3) is 1.43. The fraction of sp³-hybridized carbons (Fsp3) is 0.385. The van der Waals surface area contributed by atoms with E-state index in [-0.39, 0.29) is 12.3 Å². The lowest BCUT2D eigenvalue weighted by Gasteiger charge is -2.07. The first kappa shape index (κ1) is 9.58. The van der Waals surface area contributed by atoms with Crippen LogP contribution in [0.2, 0.25) is 0 Å². The van der Waals surface area contributed by atoms with Crippen LogP contribution in [0, 0.1) is 0 Å². The molecule has 0 spiro atoms. The molecule has 0 saturated carbocycles. The van der Waals surface area contributed by atoms with Crippen molar-refractivity contribution in [3.05, 3.63) is 34.9 Å². The topological polar surface area (TPSA) is 43.4 Å². The van der Waals surface area contributed by atoms with E-state index in [2.05, 4.69) is 16.9 Å². The van der Waals surface area contributed by atoms with Crippen LogP contribution >= 0.6 is 0 Å². The summed E-state index contributed by atoms with van der Waals surface area (Å²) in [7, 11) is 0. The van der Waals surface area contributed by atoms with Gasteiger partial charge in [0.2, 0.25) is 0 Å². The Labute approximate surface area is 93.4 Å². The molecule has 3 rings (SSSR count). The van der Waals surface area contributed by atoms with Crippen molar-refractivity contribution in [2.45, 2.75) is 31.6 Å². The maximum absolute atomic E-state index is 11.4. The summed E-state index contributed by atoms with van der Waals surface area (Å²) >= 11 is 0. The number of cyclic esters (lactones) is 2. The van der Waals surface area contributed by atoms with Crippen LogP contribution in [0.3, 0.4) is 0 Å². The van der Waals surface area contributed by atoms with Crippen LogP contribution in [0.1, 0.15) is 35.4 Å². The molecule has 0 amide bonds. The third-order valence-corrected chi connectivity index (χ3v) is 3.39. The monoisotopic (exact) mass is 216 g/mol. The summed E-state index contributed by atoms with van der Waals surface area (Å²) in [6, 6.07) is 6.09. The van der Waals surface area contributed by atoms with Crippen molar-refractivity contribution in [3.63, 3.8) is 0 Å². The van der Waals surface area contributed by atoms with Crippen LogP contribution < -0.4 is 0 Å². The molecule has 1 aromatic carbocycles. The molecule has 1 aliphatic heterocycles. The van der Waals surface area contributed by atoms with Crippen LogP contribution in [-0.4, -0.2) is 11.9 Å². The van der Waals surface area contributed by atoms with Crippen LogP contribution in [0.25, 0.3) is 0 Å². The molecule has 1 unspecified atom stereocenters. The molecule has 1 saturated heterocycles. The Morgan fingerprint density at radius 2 is 1.94 bits per heavy atom. The van der Waals surface area contributed by atoms with Gasteiger partial charge in [0, 0.05) is 0 Å². The lowest BCUT2D eigenvalue weighted by molar-refractivity contribution is -0.152. The summed E-state index contributed by atoms with van der Waals surface area (Å²) in [5.74, 6) is -1.18. The molecule has 0 aromatic heterocycles. The zero-order chi connectivity index (χ0) is 11.1. The average Bonchev–Trinajstić information content (AvgIpc) is 2.83. The Hall–Kier alpha value is -1.64. The number of fused-ring (bicyclic) bond motifs is 1. The minimum absolute atomic E-state index is 0.192. The highest BCUT2D eigenvalue weighted by Gasteiger charge is 2.34. The summed E-state index contributed by atoms with van der Waals surface area (Å²) in [5.41, 5.74) is 3.63. The smallest absolute Gasteiger partial charge is 0.321 e. The molecule has 3 nitrogen and oxygen atoms in total. The second-order valence-corrected chi connectivity index (χ2v) is 4.43. The number of hydrogen-bond donors (Lipinski definition) is 0. The molecule has 0 bridgehead atoms. The number of ether oxygens (including phenoxy) is 1. The number of aryl methyl sites for hydroxylation is 2. The lowest BCUT2D eigenvalue weighted by Crippen LogP contribution is -2.06. The van der Waals surface area contributed by atoms with E-state index in [4.69, 9.17) is 0 Å². The molecule has 3 heteroatoms. The Bertz CT molecular complexity index is 476. The van der Waals surface area contributed by atoms with Crippen LogP contribution in [0.15, 0.2) is 18.2 Å². The van der Waals surface area contributed by atoms with Gasteiger partial charge in [-0.05, 0) is 36.0 Å². The summed E-state index contributed by atoms with van der Waals surface area (Å²) in [5, 5.41) is 0. The van der Waals surface area contributed by atoms with Gasteiger partial charge in [-0.3, -0.25) is 9.59 Å². The van der Waals surface area contributed by atoms with Crippen molar-refractivity contribution in [1.29, 1.82) is 0 Å². The molecule has 1 atom stereocenters. The molecular formula is C13H12O3.